The molecule has 2 heteroatoms. The highest BCUT2D eigenvalue weighted by atomic mass is 16.1. The summed E-state index contributed by atoms with van der Waals surface area (Å²) in [5, 5.41) is 0. The Bertz CT molecular complexity index is 409. The van der Waals surface area contributed by atoms with Gasteiger partial charge in [0.2, 0.25) is 0 Å². The van der Waals surface area contributed by atoms with Crippen molar-refractivity contribution in [3.8, 4) is 0 Å². The van der Waals surface area contributed by atoms with Crippen LogP contribution in [0.5, 0.6) is 0 Å². The zero-order valence-electron chi connectivity index (χ0n) is 11.7. The molecule has 0 saturated carbocycles. The fraction of sp³-hybridized carbons (Fsp3) is 0.533. The van der Waals surface area contributed by atoms with Gasteiger partial charge in [-0.1, -0.05) is 17.7 Å². The van der Waals surface area contributed by atoms with Crippen LogP contribution in [0.15, 0.2) is 18.2 Å². The normalized spacial score (nSPS) is 13.2. The van der Waals surface area contributed by atoms with Crippen LogP contribution in [-0.2, 0) is 0 Å². The maximum Gasteiger partial charge on any atom is 0.179 e. The van der Waals surface area contributed by atoms with Gasteiger partial charge < -0.3 is 0 Å². The molecular formula is C15H23NO. The molecule has 0 fully saturated rings. The molecule has 0 aromatic heterocycles. The largest absolute Gasteiger partial charge is 0.294 e. The minimum Gasteiger partial charge on any atom is -0.294 e. The number of nitrogens with zero attached hydrogens (tertiary/aromatic N) is 1. The second-order valence-electron chi connectivity index (χ2n) is 5.12. The molecule has 0 radical (unpaired) electrons. The van der Waals surface area contributed by atoms with E-state index in [1.54, 1.807) is 0 Å². The Balaban J connectivity index is 3.00. The van der Waals surface area contributed by atoms with Crippen LogP contribution in [0.3, 0.4) is 0 Å². The summed E-state index contributed by atoms with van der Waals surface area (Å²) in [6.45, 7) is 10.2. The molecule has 0 heterocycles. The van der Waals surface area contributed by atoms with E-state index in [1.165, 1.54) is 0 Å². The van der Waals surface area contributed by atoms with E-state index in [9.17, 15) is 4.79 Å². The van der Waals surface area contributed by atoms with E-state index >= 15 is 0 Å². The lowest BCUT2D eigenvalue weighted by molar-refractivity contribution is 0.0835. The van der Waals surface area contributed by atoms with Crippen molar-refractivity contribution < 1.29 is 4.79 Å². The molecule has 1 rings (SSSR count). The monoisotopic (exact) mass is 233 g/mol. The minimum absolute atomic E-state index is 0.0736. The average Bonchev–Trinajstić information content (AvgIpc) is 2.29. The van der Waals surface area contributed by atoms with Crippen LogP contribution >= 0.6 is 0 Å². The molecule has 1 aromatic carbocycles. The average molecular weight is 233 g/mol. The number of carbonyl (C=O) groups is 1. The Morgan fingerprint density at radius 3 is 2.29 bits per heavy atom. The lowest BCUT2D eigenvalue weighted by Crippen LogP contribution is -2.40. The van der Waals surface area contributed by atoms with E-state index in [1.807, 2.05) is 46.0 Å². The zero-order valence-corrected chi connectivity index (χ0v) is 11.7. The number of rotatable bonds is 4. The van der Waals surface area contributed by atoms with Crippen LogP contribution in [0.25, 0.3) is 0 Å². The Hall–Kier alpha value is -1.15. The van der Waals surface area contributed by atoms with E-state index in [4.69, 9.17) is 0 Å². The van der Waals surface area contributed by atoms with Crippen molar-refractivity contribution in [2.24, 2.45) is 0 Å². The molecule has 0 spiro atoms. The van der Waals surface area contributed by atoms with E-state index in [0.29, 0.717) is 6.04 Å². The second kappa shape index (κ2) is 5.46. The standard InChI is InChI=1S/C15H23NO/c1-10(2)16(6)13(5)15(17)14-9-11(3)7-8-12(14)4/h7-10,13H,1-6H3. The summed E-state index contributed by atoms with van der Waals surface area (Å²) in [5.74, 6) is 0.211. The van der Waals surface area contributed by atoms with Crippen molar-refractivity contribution in [1.29, 1.82) is 0 Å². The van der Waals surface area contributed by atoms with Crippen LogP contribution in [-0.4, -0.2) is 29.8 Å². The molecule has 1 atom stereocenters. The molecule has 0 aliphatic rings. The van der Waals surface area contributed by atoms with Crippen LogP contribution < -0.4 is 0 Å². The highest BCUT2D eigenvalue weighted by Gasteiger charge is 2.22. The fourth-order valence-corrected chi connectivity index (χ4v) is 1.86. The molecule has 94 valence electrons. The molecule has 0 aliphatic carbocycles. The predicted molar refractivity (Wildman–Crippen MR) is 72.6 cm³/mol. The molecule has 0 amide bonds. The summed E-state index contributed by atoms with van der Waals surface area (Å²) in [5.41, 5.74) is 3.05. The number of hydrogen-bond acceptors (Lipinski definition) is 2. The van der Waals surface area contributed by atoms with E-state index in [2.05, 4.69) is 18.7 Å². The van der Waals surface area contributed by atoms with Crippen LogP contribution in [0.4, 0.5) is 0 Å². The highest BCUT2D eigenvalue weighted by Crippen LogP contribution is 2.15. The third-order valence-electron chi connectivity index (χ3n) is 3.46. The summed E-state index contributed by atoms with van der Waals surface area (Å²) >= 11 is 0. The summed E-state index contributed by atoms with van der Waals surface area (Å²) < 4.78 is 0. The molecule has 0 N–H and O–H groups in total. The van der Waals surface area contributed by atoms with E-state index in [-0.39, 0.29) is 11.8 Å². The lowest BCUT2D eigenvalue weighted by Gasteiger charge is -2.27. The van der Waals surface area contributed by atoms with Crippen molar-refractivity contribution in [3.05, 3.63) is 34.9 Å². The number of Topliss-reactive ketones (excluding diaryl/α,β-unsaturated/α-hetero) is 1. The van der Waals surface area contributed by atoms with Gasteiger partial charge in [-0.15, -0.1) is 0 Å². The number of hydrogen-bond donors (Lipinski definition) is 0. The second-order valence-corrected chi connectivity index (χ2v) is 5.12. The smallest absolute Gasteiger partial charge is 0.179 e. The molecule has 0 bridgehead atoms. The SMILES string of the molecule is Cc1ccc(C)c(C(=O)C(C)N(C)C(C)C)c1. The lowest BCUT2D eigenvalue weighted by atomic mass is 9.97. The Labute approximate surface area is 105 Å². The van der Waals surface area contributed by atoms with Gasteiger partial charge >= 0.3 is 0 Å². The highest BCUT2D eigenvalue weighted by molar-refractivity contribution is 6.01. The summed E-state index contributed by atoms with van der Waals surface area (Å²) in [4.78, 5) is 14.5. The summed E-state index contributed by atoms with van der Waals surface area (Å²) in [6.07, 6.45) is 0. The van der Waals surface area contributed by atoms with Crippen LogP contribution in [0, 0.1) is 13.8 Å². The minimum atomic E-state index is -0.0736. The Kier molecular flexibility index (Phi) is 4.47. The van der Waals surface area contributed by atoms with Crippen LogP contribution in [0.1, 0.15) is 42.3 Å². The molecular weight excluding hydrogens is 210 g/mol. The van der Waals surface area contributed by atoms with Crippen LogP contribution in [0.2, 0.25) is 0 Å². The van der Waals surface area contributed by atoms with Crippen molar-refractivity contribution >= 4 is 5.78 Å². The summed E-state index contributed by atoms with van der Waals surface area (Å²) in [6, 6.07) is 6.35. The van der Waals surface area contributed by atoms with Gasteiger partial charge in [0.15, 0.2) is 5.78 Å². The third-order valence-corrected chi connectivity index (χ3v) is 3.46. The van der Waals surface area contributed by atoms with Crippen molar-refractivity contribution in [3.63, 3.8) is 0 Å². The quantitative estimate of drug-likeness (QED) is 0.744. The van der Waals surface area contributed by atoms with Gasteiger partial charge in [-0.05, 0) is 53.3 Å². The first kappa shape index (κ1) is 13.9. The van der Waals surface area contributed by atoms with Gasteiger partial charge in [-0.2, -0.15) is 0 Å². The van der Waals surface area contributed by atoms with Crippen molar-refractivity contribution in [1.82, 2.24) is 4.90 Å². The summed E-state index contributed by atoms with van der Waals surface area (Å²) in [7, 11) is 2.00. The molecule has 1 unspecified atom stereocenters. The number of likely N-dealkylation sites (N-methyl/N-ethyl adjacent to an activating group) is 1. The maximum atomic E-state index is 12.4. The first-order valence-electron chi connectivity index (χ1n) is 6.18. The Morgan fingerprint density at radius 1 is 1.18 bits per heavy atom. The van der Waals surface area contributed by atoms with Gasteiger partial charge in [0.1, 0.15) is 0 Å². The van der Waals surface area contributed by atoms with Crippen molar-refractivity contribution in [2.75, 3.05) is 7.05 Å². The van der Waals surface area contributed by atoms with Crippen molar-refractivity contribution in [2.45, 2.75) is 46.7 Å². The van der Waals surface area contributed by atoms with E-state index in [0.717, 1.165) is 16.7 Å². The molecule has 1 aromatic rings. The molecule has 17 heavy (non-hydrogen) atoms. The Morgan fingerprint density at radius 2 is 1.76 bits per heavy atom. The topological polar surface area (TPSA) is 20.3 Å². The van der Waals surface area contributed by atoms with Gasteiger partial charge in [0, 0.05) is 11.6 Å². The van der Waals surface area contributed by atoms with E-state index < -0.39 is 0 Å². The van der Waals surface area contributed by atoms with Gasteiger partial charge in [-0.3, -0.25) is 9.69 Å². The first-order valence-corrected chi connectivity index (χ1v) is 6.18. The molecule has 2 nitrogen and oxygen atoms in total. The fourth-order valence-electron chi connectivity index (χ4n) is 1.86. The zero-order chi connectivity index (χ0) is 13.2. The predicted octanol–water partition coefficient (Wildman–Crippen LogP) is 3.21. The number of aryl methyl sites for hydroxylation is 2. The number of carbonyl (C=O) groups excluding carboxylic acids is 1. The third kappa shape index (κ3) is 3.16. The molecule has 0 saturated heterocycles. The van der Waals surface area contributed by atoms with Gasteiger partial charge in [0.25, 0.3) is 0 Å². The van der Waals surface area contributed by atoms with Gasteiger partial charge in [0.05, 0.1) is 6.04 Å². The number of ketones is 1. The van der Waals surface area contributed by atoms with Gasteiger partial charge in [-0.25, -0.2) is 0 Å². The maximum absolute atomic E-state index is 12.4. The number of benzene rings is 1. The first-order chi connectivity index (χ1) is 7.84. The molecule has 0 aliphatic heterocycles.